The maximum atomic E-state index is 12.5. The first-order valence-corrected chi connectivity index (χ1v) is 9.02. The van der Waals surface area contributed by atoms with Gasteiger partial charge in [-0.05, 0) is 38.8 Å². The highest BCUT2D eigenvalue weighted by molar-refractivity contribution is 5.94. The lowest BCUT2D eigenvalue weighted by Crippen LogP contribution is -2.60. The Morgan fingerprint density at radius 1 is 1.15 bits per heavy atom. The second-order valence-corrected chi connectivity index (χ2v) is 7.06. The van der Waals surface area contributed by atoms with Crippen LogP contribution in [0.3, 0.4) is 0 Å². The smallest absolute Gasteiger partial charge is 0.326 e. The van der Waals surface area contributed by atoms with Gasteiger partial charge in [-0.2, -0.15) is 0 Å². The number of nitrogens with one attached hydrogen (secondary N) is 2. The van der Waals surface area contributed by atoms with Gasteiger partial charge in [-0.1, -0.05) is 36.8 Å². The van der Waals surface area contributed by atoms with Crippen LogP contribution in [-0.4, -0.2) is 47.1 Å². The van der Waals surface area contributed by atoms with Crippen LogP contribution in [0.25, 0.3) is 0 Å². The van der Waals surface area contributed by atoms with Crippen molar-refractivity contribution in [2.75, 3.05) is 6.54 Å². The van der Waals surface area contributed by atoms with Gasteiger partial charge in [0, 0.05) is 6.42 Å². The topological polar surface area (TPSA) is 148 Å². The van der Waals surface area contributed by atoms with E-state index in [1.54, 1.807) is 24.3 Å². The average molecular weight is 378 g/mol. The van der Waals surface area contributed by atoms with E-state index in [0.717, 1.165) is 18.4 Å². The Hall–Kier alpha value is -2.45. The largest absolute Gasteiger partial charge is 0.480 e. The standard InChI is InChI=1S/C19H30N4O4/c1-19(2,23-16(24)14(21)10-6-7-11-20)18(27)22-15(17(25)26)12-13-8-4-3-5-9-13/h3-5,8-9,14-15H,6-7,10-12,20-21H2,1-2H3,(H,22,27)(H,23,24)(H,25,26)/t14-,15-/m0/s1. The molecule has 2 amide bonds. The molecule has 0 spiro atoms. The van der Waals surface area contributed by atoms with E-state index in [4.69, 9.17) is 11.5 Å². The molecule has 1 aromatic carbocycles. The van der Waals surface area contributed by atoms with Crippen LogP contribution in [0.4, 0.5) is 0 Å². The fourth-order valence-electron chi connectivity index (χ4n) is 2.49. The molecule has 150 valence electrons. The Morgan fingerprint density at radius 3 is 2.33 bits per heavy atom. The number of hydrogen-bond donors (Lipinski definition) is 5. The molecular formula is C19H30N4O4. The lowest BCUT2D eigenvalue weighted by molar-refractivity contribution is -0.143. The van der Waals surface area contributed by atoms with E-state index in [1.807, 2.05) is 6.07 Å². The number of carboxylic acid groups (broad SMARTS) is 1. The van der Waals surface area contributed by atoms with Crippen molar-refractivity contribution < 1.29 is 19.5 Å². The van der Waals surface area contributed by atoms with E-state index in [0.29, 0.717) is 13.0 Å². The van der Waals surface area contributed by atoms with Gasteiger partial charge in [-0.3, -0.25) is 9.59 Å². The van der Waals surface area contributed by atoms with Crippen LogP contribution in [0.15, 0.2) is 30.3 Å². The third kappa shape index (κ3) is 7.76. The Kier molecular flexibility index (Phi) is 8.90. The summed E-state index contributed by atoms with van der Waals surface area (Å²) in [5.74, 6) is -2.19. The number of aliphatic carboxylic acids is 1. The average Bonchev–Trinajstić information content (AvgIpc) is 2.61. The zero-order chi connectivity index (χ0) is 20.4. The molecule has 1 rings (SSSR count). The van der Waals surface area contributed by atoms with Crippen molar-refractivity contribution in [1.82, 2.24) is 10.6 Å². The van der Waals surface area contributed by atoms with Crippen molar-refractivity contribution in [1.29, 1.82) is 0 Å². The highest BCUT2D eigenvalue weighted by Gasteiger charge is 2.33. The molecule has 0 fully saturated rings. The minimum atomic E-state index is -1.30. The fourth-order valence-corrected chi connectivity index (χ4v) is 2.49. The number of carbonyl (C=O) groups is 3. The van der Waals surface area contributed by atoms with Crippen LogP contribution >= 0.6 is 0 Å². The lowest BCUT2D eigenvalue weighted by atomic mass is 10.00. The molecule has 0 radical (unpaired) electrons. The van der Waals surface area contributed by atoms with Crippen molar-refractivity contribution >= 4 is 17.8 Å². The molecule has 0 aliphatic carbocycles. The molecule has 8 heteroatoms. The molecule has 27 heavy (non-hydrogen) atoms. The van der Waals surface area contributed by atoms with Crippen LogP contribution in [0.2, 0.25) is 0 Å². The summed E-state index contributed by atoms with van der Waals surface area (Å²) < 4.78 is 0. The SMILES string of the molecule is CC(C)(NC(=O)[C@@H](N)CCCCN)C(=O)N[C@@H](Cc1ccccc1)C(=O)O. The maximum Gasteiger partial charge on any atom is 0.326 e. The summed E-state index contributed by atoms with van der Waals surface area (Å²) in [5, 5.41) is 14.5. The number of carboxylic acids is 1. The Labute approximate surface area is 159 Å². The molecule has 0 unspecified atom stereocenters. The quantitative estimate of drug-likeness (QED) is 0.346. The van der Waals surface area contributed by atoms with Gasteiger partial charge < -0.3 is 27.2 Å². The lowest BCUT2D eigenvalue weighted by Gasteiger charge is -2.28. The van der Waals surface area contributed by atoms with Crippen LogP contribution in [0.1, 0.15) is 38.7 Å². The summed E-state index contributed by atoms with van der Waals surface area (Å²) in [7, 11) is 0. The van der Waals surface area contributed by atoms with Gasteiger partial charge in [0.2, 0.25) is 11.8 Å². The summed E-state index contributed by atoms with van der Waals surface area (Å²) >= 11 is 0. The van der Waals surface area contributed by atoms with Crippen molar-refractivity contribution in [3.63, 3.8) is 0 Å². The molecule has 0 aromatic heterocycles. The van der Waals surface area contributed by atoms with Gasteiger partial charge in [0.25, 0.3) is 0 Å². The van der Waals surface area contributed by atoms with E-state index in [2.05, 4.69) is 10.6 Å². The summed E-state index contributed by atoms with van der Waals surface area (Å²) in [6.07, 6.45) is 2.09. The first-order chi connectivity index (χ1) is 12.7. The van der Waals surface area contributed by atoms with Crippen LogP contribution in [0, 0.1) is 0 Å². The summed E-state index contributed by atoms with van der Waals surface area (Å²) in [6.45, 7) is 3.54. The molecule has 7 N–H and O–H groups in total. The third-order valence-electron chi connectivity index (χ3n) is 4.20. The third-order valence-corrected chi connectivity index (χ3v) is 4.20. The first kappa shape index (κ1) is 22.6. The molecule has 0 heterocycles. The second kappa shape index (κ2) is 10.6. The number of rotatable bonds is 11. The van der Waals surface area contributed by atoms with Gasteiger partial charge in [-0.15, -0.1) is 0 Å². The molecule has 0 saturated carbocycles. The predicted octanol–water partition coefficient (Wildman–Crippen LogP) is 0.150. The second-order valence-electron chi connectivity index (χ2n) is 7.06. The highest BCUT2D eigenvalue weighted by Crippen LogP contribution is 2.08. The monoisotopic (exact) mass is 378 g/mol. The predicted molar refractivity (Wildman–Crippen MR) is 103 cm³/mol. The van der Waals surface area contributed by atoms with E-state index < -0.39 is 35.4 Å². The van der Waals surface area contributed by atoms with Crippen molar-refractivity contribution in [2.45, 2.75) is 57.2 Å². The molecule has 0 bridgehead atoms. The molecule has 2 atom stereocenters. The molecule has 0 saturated heterocycles. The van der Waals surface area contributed by atoms with Crippen LogP contribution in [0.5, 0.6) is 0 Å². The van der Waals surface area contributed by atoms with Crippen LogP contribution in [-0.2, 0) is 20.8 Å². The van der Waals surface area contributed by atoms with Crippen LogP contribution < -0.4 is 22.1 Å². The number of carbonyl (C=O) groups excluding carboxylic acids is 2. The van der Waals surface area contributed by atoms with Gasteiger partial charge >= 0.3 is 5.97 Å². The normalized spacial score (nSPS) is 13.5. The molecule has 0 aliphatic rings. The van der Waals surface area contributed by atoms with Gasteiger partial charge in [0.05, 0.1) is 6.04 Å². The Balaban J connectivity index is 2.67. The highest BCUT2D eigenvalue weighted by atomic mass is 16.4. The number of benzene rings is 1. The van der Waals surface area contributed by atoms with Gasteiger partial charge in [0.1, 0.15) is 11.6 Å². The zero-order valence-electron chi connectivity index (χ0n) is 15.9. The van der Waals surface area contributed by atoms with Gasteiger partial charge in [0.15, 0.2) is 0 Å². The number of nitrogens with two attached hydrogens (primary N) is 2. The van der Waals surface area contributed by atoms with E-state index in [9.17, 15) is 19.5 Å². The molecular weight excluding hydrogens is 348 g/mol. The van der Waals surface area contributed by atoms with Crippen molar-refractivity contribution in [3.05, 3.63) is 35.9 Å². The van der Waals surface area contributed by atoms with E-state index >= 15 is 0 Å². The summed E-state index contributed by atoms with van der Waals surface area (Å²) in [6, 6.07) is 7.15. The van der Waals surface area contributed by atoms with Crippen molar-refractivity contribution in [2.24, 2.45) is 11.5 Å². The van der Waals surface area contributed by atoms with E-state index in [-0.39, 0.29) is 6.42 Å². The van der Waals surface area contributed by atoms with Crippen molar-refractivity contribution in [3.8, 4) is 0 Å². The molecule has 8 nitrogen and oxygen atoms in total. The van der Waals surface area contributed by atoms with E-state index in [1.165, 1.54) is 13.8 Å². The minimum Gasteiger partial charge on any atom is -0.480 e. The number of unbranched alkanes of at least 4 members (excludes halogenated alkanes) is 1. The molecule has 0 aliphatic heterocycles. The summed E-state index contributed by atoms with van der Waals surface area (Å²) in [5.41, 5.74) is 10.7. The Morgan fingerprint density at radius 2 is 1.78 bits per heavy atom. The summed E-state index contributed by atoms with van der Waals surface area (Å²) in [4.78, 5) is 36.3. The number of hydrogen-bond acceptors (Lipinski definition) is 5. The minimum absolute atomic E-state index is 0.143. The molecule has 1 aromatic rings. The Bertz CT molecular complexity index is 634. The van der Waals surface area contributed by atoms with Gasteiger partial charge in [-0.25, -0.2) is 4.79 Å². The number of amides is 2. The maximum absolute atomic E-state index is 12.5. The zero-order valence-corrected chi connectivity index (χ0v) is 15.9. The first-order valence-electron chi connectivity index (χ1n) is 9.02. The fraction of sp³-hybridized carbons (Fsp3) is 0.526.